The van der Waals surface area contributed by atoms with Gasteiger partial charge >= 0.3 is 12.1 Å². The quantitative estimate of drug-likeness (QED) is 0.720. The number of carbonyl (C=O) groups excluding carboxylic acids is 1. The van der Waals surface area contributed by atoms with Gasteiger partial charge in [-0.1, -0.05) is 13.8 Å². The van der Waals surface area contributed by atoms with Gasteiger partial charge in [-0.15, -0.1) is 0 Å². The van der Waals surface area contributed by atoms with Crippen LogP contribution in [0.3, 0.4) is 0 Å². The van der Waals surface area contributed by atoms with Crippen LogP contribution >= 0.6 is 0 Å². The monoisotopic (exact) mass is 224 g/mol. The van der Waals surface area contributed by atoms with E-state index in [0.717, 1.165) is 4.90 Å². The highest BCUT2D eigenvalue weighted by Gasteiger charge is 2.45. The summed E-state index contributed by atoms with van der Waals surface area (Å²) in [6.07, 6.45) is -4.76. The Bertz CT molecular complexity index is 240. The SMILES string of the molecule is CC(C)C1CNCCN1C(=O)C(F)(F)F. The van der Waals surface area contributed by atoms with Gasteiger partial charge in [-0.3, -0.25) is 4.79 Å². The fourth-order valence-electron chi connectivity index (χ4n) is 1.74. The van der Waals surface area contributed by atoms with Crippen molar-refractivity contribution in [2.24, 2.45) is 5.92 Å². The standard InChI is InChI=1S/C9H15F3N2O/c1-6(2)7-5-13-3-4-14(7)8(15)9(10,11)12/h6-7,13H,3-5H2,1-2H3. The normalized spacial score (nSPS) is 23.3. The predicted molar refractivity (Wildman–Crippen MR) is 49.3 cm³/mol. The van der Waals surface area contributed by atoms with Crippen LogP contribution in [0, 0.1) is 5.92 Å². The Morgan fingerprint density at radius 3 is 2.53 bits per heavy atom. The lowest BCUT2D eigenvalue weighted by Crippen LogP contribution is -2.58. The molecule has 15 heavy (non-hydrogen) atoms. The molecule has 1 rings (SSSR count). The number of nitrogens with one attached hydrogen (secondary N) is 1. The minimum atomic E-state index is -4.76. The number of rotatable bonds is 1. The molecule has 0 radical (unpaired) electrons. The number of halogens is 3. The van der Waals surface area contributed by atoms with E-state index in [1.54, 1.807) is 0 Å². The van der Waals surface area contributed by atoms with E-state index < -0.39 is 12.1 Å². The van der Waals surface area contributed by atoms with Gasteiger partial charge in [0.2, 0.25) is 0 Å². The first-order chi connectivity index (χ1) is 6.84. The van der Waals surface area contributed by atoms with E-state index >= 15 is 0 Å². The molecule has 0 saturated carbocycles. The molecule has 1 amide bonds. The smallest absolute Gasteiger partial charge is 0.329 e. The van der Waals surface area contributed by atoms with Gasteiger partial charge < -0.3 is 10.2 Å². The molecule has 0 spiro atoms. The Labute approximate surface area is 86.6 Å². The molecule has 1 unspecified atom stereocenters. The van der Waals surface area contributed by atoms with Crippen molar-refractivity contribution in [2.75, 3.05) is 19.6 Å². The summed E-state index contributed by atoms with van der Waals surface area (Å²) < 4.78 is 36.8. The van der Waals surface area contributed by atoms with Crippen molar-refractivity contribution in [3.63, 3.8) is 0 Å². The van der Waals surface area contributed by atoms with Gasteiger partial charge in [0.25, 0.3) is 0 Å². The topological polar surface area (TPSA) is 32.3 Å². The molecular formula is C9H15F3N2O. The minimum absolute atomic E-state index is 0.0177. The average molecular weight is 224 g/mol. The molecule has 1 heterocycles. The van der Waals surface area contributed by atoms with Crippen LogP contribution in [0.5, 0.6) is 0 Å². The van der Waals surface area contributed by atoms with E-state index in [4.69, 9.17) is 0 Å². The van der Waals surface area contributed by atoms with Crippen LogP contribution in [0.2, 0.25) is 0 Å². The Hall–Kier alpha value is -0.780. The third kappa shape index (κ3) is 2.84. The van der Waals surface area contributed by atoms with Gasteiger partial charge in [0, 0.05) is 25.7 Å². The van der Waals surface area contributed by atoms with E-state index in [9.17, 15) is 18.0 Å². The second kappa shape index (κ2) is 4.38. The first-order valence-electron chi connectivity index (χ1n) is 4.92. The molecule has 6 heteroatoms. The summed E-state index contributed by atoms with van der Waals surface area (Å²) in [5.41, 5.74) is 0. The molecule has 0 bridgehead atoms. The van der Waals surface area contributed by atoms with E-state index in [1.165, 1.54) is 0 Å². The lowest BCUT2D eigenvalue weighted by molar-refractivity contribution is -0.189. The molecular weight excluding hydrogens is 209 g/mol. The summed E-state index contributed by atoms with van der Waals surface area (Å²) in [6, 6.07) is -0.368. The summed E-state index contributed by atoms with van der Waals surface area (Å²) in [5, 5.41) is 2.99. The van der Waals surface area contributed by atoms with E-state index in [1.807, 2.05) is 13.8 Å². The minimum Gasteiger partial charge on any atom is -0.329 e. The highest BCUT2D eigenvalue weighted by Crippen LogP contribution is 2.23. The van der Waals surface area contributed by atoms with Crippen LogP contribution in [-0.2, 0) is 4.79 Å². The van der Waals surface area contributed by atoms with Crippen molar-refractivity contribution in [2.45, 2.75) is 26.1 Å². The van der Waals surface area contributed by atoms with Crippen LogP contribution < -0.4 is 5.32 Å². The van der Waals surface area contributed by atoms with Crippen molar-refractivity contribution in [3.8, 4) is 0 Å². The molecule has 1 atom stereocenters. The second-order valence-corrected chi connectivity index (χ2v) is 4.01. The maximum absolute atomic E-state index is 12.3. The molecule has 3 nitrogen and oxygen atoms in total. The zero-order chi connectivity index (χ0) is 11.6. The number of piperazine rings is 1. The fraction of sp³-hybridized carbons (Fsp3) is 0.889. The first kappa shape index (κ1) is 12.3. The molecule has 88 valence electrons. The van der Waals surface area contributed by atoms with Crippen LogP contribution in [-0.4, -0.2) is 42.7 Å². The molecule has 1 aliphatic heterocycles. The van der Waals surface area contributed by atoms with Crippen molar-refractivity contribution in [1.82, 2.24) is 10.2 Å². The maximum atomic E-state index is 12.3. The molecule has 1 N–H and O–H groups in total. The lowest BCUT2D eigenvalue weighted by Gasteiger charge is -2.38. The largest absolute Gasteiger partial charge is 0.471 e. The summed E-state index contributed by atoms with van der Waals surface area (Å²) in [4.78, 5) is 12.0. The van der Waals surface area contributed by atoms with Crippen LogP contribution in [0.4, 0.5) is 13.2 Å². The Morgan fingerprint density at radius 1 is 1.47 bits per heavy atom. The van der Waals surface area contributed by atoms with Gasteiger partial charge in [0.05, 0.1) is 0 Å². The summed E-state index contributed by atoms with van der Waals surface area (Å²) in [6.45, 7) is 4.61. The highest BCUT2D eigenvalue weighted by atomic mass is 19.4. The van der Waals surface area contributed by atoms with Gasteiger partial charge in [0.1, 0.15) is 0 Å². The van der Waals surface area contributed by atoms with Crippen molar-refractivity contribution in [3.05, 3.63) is 0 Å². The van der Waals surface area contributed by atoms with Crippen molar-refractivity contribution < 1.29 is 18.0 Å². The predicted octanol–water partition coefficient (Wildman–Crippen LogP) is 1.01. The van der Waals surface area contributed by atoms with Gasteiger partial charge in [-0.25, -0.2) is 0 Å². The Kier molecular flexibility index (Phi) is 3.59. The molecule has 1 aliphatic rings. The zero-order valence-electron chi connectivity index (χ0n) is 8.77. The Morgan fingerprint density at radius 2 is 2.07 bits per heavy atom. The van der Waals surface area contributed by atoms with Crippen LogP contribution in [0.25, 0.3) is 0 Å². The van der Waals surface area contributed by atoms with E-state index in [0.29, 0.717) is 13.1 Å². The van der Waals surface area contributed by atoms with Gasteiger partial charge in [-0.05, 0) is 5.92 Å². The molecule has 1 fully saturated rings. The van der Waals surface area contributed by atoms with Gasteiger partial charge in [-0.2, -0.15) is 13.2 Å². The van der Waals surface area contributed by atoms with Crippen molar-refractivity contribution in [1.29, 1.82) is 0 Å². The molecule has 1 saturated heterocycles. The maximum Gasteiger partial charge on any atom is 0.471 e. The molecule has 0 aliphatic carbocycles. The number of hydrogen-bond acceptors (Lipinski definition) is 2. The zero-order valence-corrected chi connectivity index (χ0v) is 8.77. The van der Waals surface area contributed by atoms with Crippen molar-refractivity contribution >= 4 is 5.91 Å². The molecule has 0 aromatic rings. The molecule has 0 aromatic heterocycles. The third-order valence-corrected chi connectivity index (χ3v) is 2.56. The summed E-state index contributed by atoms with van der Waals surface area (Å²) in [5.74, 6) is -1.70. The number of nitrogens with zero attached hydrogens (tertiary/aromatic N) is 1. The number of alkyl halides is 3. The number of hydrogen-bond donors (Lipinski definition) is 1. The Balaban J connectivity index is 2.77. The summed E-state index contributed by atoms with van der Waals surface area (Å²) >= 11 is 0. The fourth-order valence-corrected chi connectivity index (χ4v) is 1.74. The number of carbonyl (C=O) groups is 1. The summed E-state index contributed by atoms with van der Waals surface area (Å²) in [7, 11) is 0. The van der Waals surface area contributed by atoms with Gasteiger partial charge in [0.15, 0.2) is 0 Å². The number of amides is 1. The average Bonchev–Trinajstić information content (AvgIpc) is 2.15. The second-order valence-electron chi connectivity index (χ2n) is 4.01. The third-order valence-electron chi connectivity index (χ3n) is 2.56. The lowest BCUT2D eigenvalue weighted by atomic mass is 10.0. The highest BCUT2D eigenvalue weighted by molar-refractivity contribution is 5.82. The molecule has 0 aromatic carbocycles. The van der Waals surface area contributed by atoms with Crippen LogP contribution in [0.1, 0.15) is 13.8 Å². The van der Waals surface area contributed by atoms with E-state index in [-0.39, 0.29) is 18.5 Å². The van der Waals surface area contributed by atoms with Crippen LogP contribution in [0.15, 0.2) is 0 Å². The first-order valence-corrected chi connectivity index (χ1v) is 4.92. The van der Waals surface area contributed by atoms with E-state index in [2.05, 4.69) is 5.32 Å².